The zero-order valence-corrected chi connectivity index (χ0v) is 25.5. The highest BCUT2D eigenvalue weighted by molar-refractivity contribution is 5.79. The summed E-state index contributed by atoms with van der Waals surface area (Å²) in [5.41, 5.74) is 0.134. The molecule has 41 heavy (non-hydrogen) atoms. The summed E-state index contributed by atoms with van der Waals surface area (Å²) in [5, 5.41) is 31.5. The molecule has 3 aliphatic heterocycles. The molecule has 0 amide bonds. The van der Waals surface area contributed by atoms with E-state index in [4.69, 9.17) is 18.9 Å². The lowest BCUT2D eigenvalue weighted by molar-refractivity contribution is -0.320. The minimum absolute atomic E-state index is 0.0276. The second-order valence-electron chi connectivity index (χ2n) is 15.8. The molecule has 232 valence electrons. The predicted octanol–water partition coefficient (Wildman–Crippen LogP) is 3.82. The largest absolute Gasteiger partial charge is 0.388 e. The molecule has 17 atom stereocenters. The van der Waals surface area contributed by atoms with Crippen molar-refractivity contribution in [1.82, 2.24) is 0 Å². The third-order valence-corrected chi connectivity index (χ3v) is 13.9. The summed E-state index contributed by atoms with van der Waals surface area (Å²) in [4.78, 5) is 12.8. The number of rotatable bonds is 2. The quantitative estimate of drug-likeness (QED) is 0.425. The molecule has 0 aromatic heterocycles. The molecule has 4 saturated carbocycles. The van der Waals surface area contributed by atoms with Gasteiger partial charge in [0.25, 0.3) is 0 Å². The Morgan fingerprint density at radius 2 is 1.66 bits per heavy atom. The topological polar surface area (TPSA) is 115 Å². The first-order valence-corrected chi connectivity index (χ1v) is 16.6. The fraction of sp³-hybridized carbons (Fsp3) is 0.970. The van der Waals surface area contributed by atoms with E-state index in [0.717, 1.165) is 45.1 Å². The molecule has 3 N–H and O–H groups in total. The molecular weight excluding hydrogens is 524 g/mol. The first-order chi connectivity index (χ1) is 19.4. The van der Waals surface area contributed by atoms with Crippen LogP contribution < -0.4 is 0 Å². The van der Waals surface area contributed by atoms with Crippen molar-refractivity contribution in [2.24, 2.45) is 52.3 Å². The van der Waals surface area contributed by atoms with Crippen molar-refractivity contribution in [3.05, 3.63) is 0 Å². The van der Waals surface area contributed by atoms with Gasteiger partial charge in [-0.25, -0.2) is 0 Å². The summed E-state index contributed by atoms with van der Waals surface area (Å²) in [7, 11) is 0. The fourth-order valence-electron chi connectivity index (χ4n) is 11.5. The van der Waals surface area contributed by atoms with Gasteiger partial charge in [0.15, 0.2) is 12.1 Å². The monoisotopic (exact) mass is 576 g/mol. The highest BCUT2D eigenvalue weighted by Gasteiger charge is 2.70. The van der Waals surface area contributed by atoms with Crippen LogP contribution in [0.5, 0.6) is 0 Å². The maximum atomic E-state index is 12.8. The zero-order chi connectivity index (χ0) is 29.1. The molecule has 0 aromatic rings. The lowest BCUT2D eigenvalue weighted by Crippen LogP contribution is -2.62. The molecule has 7 fully saturated rings. The Kier molecular flexibility index (Phi) is 7.07. The van der Waals surface area contributed by atoms with Gasteiger partial charge in [0, 0.05) is 25.2 Å². The Morgan fingerprint density at radius 1 is 0.878 bits per heavy atom. The van der Waals surface area contributed by atoms with Gasteiger partial charge < -0.3 is 34.3 Å². The normalized spacial score (nSPS) is 60.3. The van der Waals surface area contributed by atoms with E-state index in [2.05, 4.69) is 27.7 Å². The van der Waals surface area contributed by atoms with Crippen LogP contribution in [-0.4, -0.2) is 76.4 Å². The third-order valence-electron chi connectivity index (χ3n) is 13.9. The number of hydrogen-bond donors (Lipinski definition) is 3. The van der Waals surface area contributed by atoms with Crippen molar-refractivity contribution >= 4 is 5.78 Å². The first kappa shape index (κ1) is 29.1. The standard InChI is InChI=1S/C33H52O8/c1-16-6-11-33(38-15-16)17(2)26-25(41-33)14-22-20-13-24(40-30-29(37)28(36)27(35)18(3)39-30)23-12-19(34)7-9-31(23,4)21(20)8-10-32(22,26)5/h16-18,20-30,35-37H,6-15H2,1-5H3/t16-,17-,18+,20+,21-,22-,23+,24-,25-,26-,27+,28-,29+,30-,31+,32-,33+/m0/s1. The molecule has 0 bridgehead atoms. The van der Waals surface area contributed by atoms with Crippen LogP contribution in [0.3, 0.4) is 0 Å². The average Bonchev–Trinajstić information content (AvgIpc) is 3.38. The Morgan fingerprint density at radius 3 is 2.39 bits per heavy atom. The molecule has 3 heterocycles. The van der Waals surface area contributed by atoms with Crippen molar-refractivity contribution in [2.45, 2.75) is 141 Å². The van der Waals surface area contributed by atoms with Gasteiger partial charge in [-0.05, 0) is 91.8 Å². The Balaban J connectivity index is 1.17. The van der Waals surface area contributed by atoms with Crippen molar-refractivity contribution in [1.29, 1.82) is 0 Å². The fourth-order valence-corrected chi connectivity index (χ4v) is 11.5. The summed E-state index contributed by atoms with van der Waals surface area (Å²) in [6, 6.07) is 0. The lowest BCUT2D eigenvalue weighted by Gasteiger charge is -2.62. The van der Waals surface area contributed by atoms with E-state index in [-0.39, 0.29) is 29.0 Å². The van der Waals surface area contributed by atoms with Gasteiger partial charge in [0.05, 0.1) is 24.9 Å². The summed E-state index contributed by atoms with van der Waals surface area (Å²) in [5.74, 6) is 2.80. The van der Waals surface area contributed by atoms with Crippen molar-refractivity contribution < 1.29 is 39.1 Å². The second kappa shape index (κ2) is 9.95. The van der Waals surface area contributed by atoms with Crippen molar-refractivity contribution in [3.8, 4) is 0 Å². The van der Waals surface area contributed by atoms with Gasteiger partial charge >= 0.3 is 0 Å². The van der Waals surface area contributed by atoms with Crippen molar-refractivity contribution in [2.75, 3.05) is 6.61 Å². The number of carbonyl (C=O) groups excluding carboxylic acids is 1. The molecule has 4 aliphatic carbocycles. The number of fused-ring (bicyclic) bond motifs is 7. The summed E-state index contributed by atoms with van der Waals surface area (Å²) >= 11 is 0. The van der Waals surface area contributed by atoms with Crippen LogP contribution in [0.1, 0.15) is 92.4 Å². The predicted molar refractivity (Wildman–Crippen MR) is 149 cm³/mol. The number of carbonyl (C=O) groups is 1. The Bertz CT molecular complexity index is 1030. The van der Waals surface area contributed by atoms with Gasteiger partial charge in [0.2, 0.25) is 0 Å². The van der Waals surface area contributed by atoms with E-state index < -0.39 is 36.5 Å². The van der Waals surface area contributed by atoms with Crippen LogP contribution in [0.25, 0.3) is 0 Å². The molecule has 3 saturated heterocycles. The highest BCUT2D eigenvalue weighted by Crippen LogP contribution is 2.71. The first-order valence-electron chi connectivity index (χ1n) is 16.6. The minimum Gasteiger partial charge on any atom is -0.388 e. The van der Waals surface area contributed by atoms with Gasteiger partial charge in [0.1, 0.15) is 24.1 Å². The number of Topliss-reactive ketones (excluding diaryl/α,β-unsaturated/α-hetero) is 1. The number of ether oxygens (including phenoxy) is 4. The lowest BCUT2D eigenvalue weighted by atomic mass is 9.43. The third kappa shape index (κ3) is 4.21. The van der Waals surface area contributed by atoms with E-state index in [9.17, 15) is 20.1 Å². The van der Waals surface area contributed by atoms with Crippen LogP contribution in [-0.2, 0) is 23.7 Å². The minimum atomic E-state index is -1.34. The van der Waals surface area contributed by atoms with E-state index in [1.165, 1.54) is 6.42 Å². The summed E-state index contributed by atoms with van der Waals surface area (Å²) in [6.45, 7) is 12.0. The van der Waals surface area contributed by atoms with Gasteiger partial charge in [-0.2, -0.15) is 0 Å². The molecule has 0 unspecified atom stereocenters. The van der Waals surface area contributed by atoms with E-state index in [1.807, 2.05) is 0 Å². The van der Waals surface area contributed by atoms with E-state index in [1.54, 1.807) is 6.92 Å². The molecule has 8 heteroatoms. The molecule has 1 spiro atoms. The average molecular weight is 577 g/mol. The summed E-state index contributed by atoms with van der Waals surface area (Å²) in [6.07, 6.45) is 2.81. The number of aliphatic hydroxyl groups is 3. The van der Waals surface area contributed by atoms with Crippen LogP contribution >= 0.6 is 0 Å². The number of ketones is 1. The maximum Gasteiger partial charge on any atom is 0.186 e. The molecular formula is C33H52O8. The van der Waals surface area contributed by atoms with Gasteiger partial charge in [-0.1, -0.05) is 27.7 Å². The number of aliphatic hydroxyl groups excluding tert-OH is 3. The van der Waals surface area contributed by atoms with Crippen molar-refractivity contribution in [3.63, 3.8) is 0 Å². The molecule has 0 aromatic carbocycles. The number of hydrogen-bond acceptors (Lipinski definition) is 8. The van der Waals surface area contributed by atoms with Crippen LogP contribution in [0.4, 0.5) is 0 Å². The summed E-state index contributed by atoms with van der Waals surface area (Å²) < 4.78 is 26.0. The molecule has 7 aliphatic rings. The van der Waals surface area contributed by atoms with Crippen LogP contribution in [0.15, 0.2) is 0 Å². The van der Waals surface area contributed by atoms with E-state index >= 15 is 0 Å². The Hall–Kier alpha value is -0.610. The van der Waals surface area contributed by atoms with Crippen LogP contribution in [0, 0.1) is 52.3 Å². The maximum absolute atomic E-state index is 12.8. The smallest absolute Gasteiger partial charge is 0.186 e. The van der Waals surface area contributed by atoms with Gasteiger partial charge in [-0.15, -0.1) is 0 Å². The highest BCUT2D eigenvalue weighted by atomic mass is 16.7. The SMILES string of the molecule is C[C@H]1CC[C@@]2(OC1)O[C@H]1C[C@H]3[C@@H]4C[C@H](O[C@@H]5O[C@H](C)[C@@H](O)[C@H](O)[C@H]5O)[C@H]5CC(=O)CC[C@]5(C)[C@H]4CC[C@]3(C)[C@H]1[C@@H]2C. The molecule has 7 rings (SSSR count). The second-order valence-corrected chi connectivity index (χ2v) is 15.8. The van der Waals surface area contributed by atoms with Gasteiger partial charge in [-0.3, -0.25) is 4.79 Å². The van der Waals surface area contributed by atoms with Crippen LogP contribution in [0.2, 0.25) is 0 Å². The zero-order valence-electron chi connectivity index (χ0n) is 25.5. The molecule has 8 nitrogen and oxygen atoms in total. The Labute approximate surface area is 244 Å². The molecule has 0 radical (unpaired) electrons. The van der Waals surface area contributed by atoms with E-state index in [0.29, 0.717) is 54.1 Å².